The molecule has 3 heteroatoms. The maximum absolute atomic E-state index is 9.77. The van der Waals surface area contributed by atoms with Crippen LogP contribution in [-0.2, 0) is 0 Å². The summed E-state index contributed by atoms with van der Waals surface area (Å²) in [7, 11) is 0. The molecule has 1 aliphatic rings. The Labute approximate surface area is 108 Å². The molecule has 2 nitrogen and oxygen atoms in total. The second-order valence-electron chi connectivity index (χ2n) is 5.04. The van der Waals surface area contributed by atoms with Crippen molar-refractivity contribution in [3.63, 3.8) is 0 Å². The molecule has 1 aromatic rings. The van der Waals surface area contributed by atoms with Crippen molar-refractivity contribution >= 4 is 11.6 Å². The summed E-state index contributed by atoms with van der Waals surface area (Å²) in [6.45, 7) is 0.754. The van der Waals surface area contributed by atoms with E-state index in [1.165, 1.54) is 12.8 Å². The maximum Gasteiger partial charge on any atom is 0.0493 e. The number of hydrogen-bond acceptors (Lipinski definition) is 2. The quantitative estimate of drug-likeness (QED) is 0.867. The second kappa shape index (κ2) is 5.38. The molecule has 1 saturated carbocycles. The molecule has 1 unspecified atom stereocenters. The molecule has 17 heavy (non-hydrogen) atoms. The monoisotopic (exact) mass is 253 g/mol. The van der Waals surface area contributed by atoms with Gasteiger partial charge >= 0.3 is 0 Å². The highest BCUT2D eigenvalue weighted by Gasteiger charge is 2.41. The van der Waals surface area contributed by atoms with Gasteiger partial charge in [0.2, 0.25) is 0 Å². The molecule has 1 aromatic carbocycles. The average Bonchev–Trinajstić information content (AvgIpc) is 2.82. The van der Waals surface area contributed by atoms with Crippen LogP contribution in [0.3, 0.4) is 0 Å². The molecular weight excluding hydrogens is 234 g/mol. The molecule has 0 aromatic heterocycles. The van der Waals surface area contributed by atoms with Crippen LogP contribution in [0.4, 0.5) is 0 Å². The van der Waals surface area contributed by atoms with Crippen molar-refractivity contribution in [2.45, 2.75) is 31.6 Å². The molecule has 0 bridgehead atoms. The van der Waals surface area contributed by atoms with E-state index >= 15 is 0 Å². The van der Waals surface area contributed by atoms with Crippen LogP contribution < -0.4 is 5.73 Å². The molecular formula is C14H20ClNO. The fourth-order valence-electron chi connectivity index (χ4n) is 3.16. The standard InChI is InChI=1S/C14H20ClNO/c15-13-6-2-1-5-11(13)12(9-16)14(10-17)7-3-4-8-14/h1-2,5-6,12,17H,3-4,7-10,16H2. The fraction of sp³-hybridized carbons (Fsp3) is 0.571. The topological polar surface area (TPSA) is 46.2 Å². The molecule has 1 atom stereocenters. The van der Waals surface area contributed by atoms with Gasteiger partial charge in [-0.1, -0.05) is 42.6 Å². The molecule has 94 valence electrons. The summed E-state index contributed by atoms with van der Waals surface area (Å²) in [5.74, 6) is 0.170. The van der Waals surface area contributed by atoms with E-state index in [0.717, 1.165) is 23.4 Å². The zero-order valence-electron chi connectivity index (χ0n) is 10.0. The van der Waals surface area contributed by atoms with E-state index in [2.05, 4.69) is 0 Å². The smallest absolute Gasteiger partial charge is 0.0493 e. The Kier molecular flexibility index (Phi) is 4.08. The lowest BCUT2D eigenvalue weighted by molar-refractivity contribution is 0.103. The largest absolute Gasteiger partial charge is 0.396 e. The van der Waals surface area contributed by atoms with Crippen molar-refractivity contribution in [2.24, 2.45) is 11.1 Å². The van der Waals surface area contributed by atoms with Gasteiger partial charge in [0.25, 0.3) is 0 Å². The van der Waals surface area contributed by atoms with Gasteiger partial charge in [-0.15, -0.1) is 0 Å². The molecule has 0 heterocycles. The first-order valence-electron chi connectivity index (χ1n) is 6.29. The molecule has 2 rings (SSSR count). The highest BCUT2D eigenvalue weighted by atomic mass is 35.5. The summed E-state index contributed by atoms with van der Waals surface area (Å²) < 4.78 is 0. The van der Waals surface area contributed by atoms with Gasteiger partial charge in [-0.05, 0) is 31.0 Å². The Morgan fingerprint density at radius 2 is 1.94 bits per heavy atom. The lowest BCUT2D eigenvalue weighted by Crippen LogP contribution is -2.34. The highest BCUT2D eigenvalue weighted by molar-refractivity contribution is 6.31. The number of nitrogens with two attached hydrogens (primary N) is 1. The van der Waals surface area contributed by atoms with E-state index < -0.39 is 0 Å². The Morgan fingerprint density at radius 1 is 1.29 bits per heavy atom. The number of aliphatic hydroxyl groups excluding tert-OH is 1. The first kappa shape index (κ1) is 12.9. The molecule has 0 amide bonds. The van der Waals surface area contributed by atoms with Crippen molar-refractivity contribution in [3.05, 3.63) is 34.9 Å². The Morgan fingerprint density at radius 3 is 2.47 bits per heavy atom. The maximum atomic E-state index is 9.77. The summed E-state index contributed by atoms with van der Waals surface area (Å²) >= 11 is 6.26. The summed E-state index contributed by atoms with van der Waals surface area (Å²) in [5, 5.41) is 10.5. The number of halogens is 1. The van der Waals surface area contributed by atoms with Crippen molar-refractivity contribution in [1.29, 1.82) is 0 Å². The third kappa shape index (κ3) is 2.35. The Bertz CT molecular complexity index is 374. The number of rotatable bonds is 4. The van der Waals surface area contributed by atoms with Crippen molar-refractivity contribution in [1.82, 2.24) is 0 Å². The lowest BCUT2D eigenvalue weighted by atomic mass is 9.71. The normalized spacial score (nSPS) is 20.4. The minimum absolute atomic E-state index is 0.0558. The van der Waals surface area contributed by atoms with Crippen molar-refractivity contribution in [3.8, 4) is 0 Å². The number of benzene rings is 1. The molecule has 0 saturated heterocycles. The molecule has 0 aliphatic heterocycles. The van der Waals surface area contributed by atoms with Gasteiger partial charge in [0.15, 0.2) is 0 Å². The lowest BCUT2D eigenvalue weighted by Gasteiger charge is -2.36. The van der Waals surface area contributed by atoms with Gasteiger partial charge in [0, 0.05) is 23.0 Å². The van der Waals surface area contributed by atoms with Crippen LogP contribution >= 0.6 is 11.6 Å². The zero-order valence-corrected chi connectivity index (χ0v) is 10.8. The summed E-state index contributed by atoms with van der Waals surface area (Å²) in [6, 6.07) is 7.86. The molecule has 3 N–H and O–H groups in total. The van der Waals surface area contributed by atoms with Gasteiger partial charge in [0.05, 0.1) is 0 Å². The SMILES string of the molecule is NCC(c1ccccc1Cl)C1(CO)CCCC1. The predicted octanol–water partition coefficient (Wildman–Crippen LogP) is 2.94. The van der Waals surface area contributed by atoms with E-state index in [4.69, 9.17) is 17.3 Å². The van der Waals surface area contributed by atoms with E-state index in [-0.39, 0.29) is 17.9 Å². The number of aliphatic hydroxyl groups is 1. The summed E-state index contributed by atoms with van der Waals surface area (Å²) in [4.78, 5) is 0. The van der Waals surface area contributed by atoms with Gasteiger partial charge < -0.3 is 10.8 Å². The Balaban J connectivity index is 2.36. The van der Waals surface area contributed by atoms with Gasteiger partial charge in [-0.3, -0.25) is 0 Å². The Hall–Kier alpha value is -0.570. The zero-order chi connectivity index (χ0) is 12.3. The van der Waals surface area contributed by atoms with Crippen molar-refractivity contribution in [2.75, 3.05) is 13.2 Å². The van der Waals surface area contributed by atoms with Gasteiger partial charge in [-0.2, -0.15) is 0 Å². The fourth-order valence-corrected chi connectivity index (χ4v) is 3.43. The summed E-state index contributed by atoms with van der Waals surface area (Å²) in [6.07, 6.45) is 4.47. The van der Waals surface area contributed by atoms with Crippen molar-refractivity contribution < 1.29 is 5.11 Å². The van der Waals surface area contributed by atoms with E-state index in [1.54, 1.807) is 0 Å². The highest BCUT2D eigenvalue weighted by Crippen LogP contribution is 2.49. The molecule has 1 fully saturated rings. The predicted molar refractivity (Wildman–Crippen MR) is 71.2 cm³/mol. The molecule has 0 spiro atoms. The van der Waals surface area contributed by atoms with Crippen LogP contribution in [0.5, 0.6) is 0 Å². The van der Waals surface area contributed by atoms with Gasteiger partial charge in [-0.25, -0.2) is 0 Å². The van der Waals surface area contributed by atoms with Crippen LogP contribution in [-0.4, -0.2) is 18.3 Å². The third-order valence-electron chi connectivity index (χ3n) is 4.17. The first-order chi connectivity index (χ1) is 8.23. The minimum Gasteiger partial charge on any atom is -0.396 e. The van der Waals surface area contributed by atoms with Gasteiger partial charge in [0.1, 0.15) is 0 Å². The minimum atomic E-state index is -0.0558. The van der Waals surface area contributed by atoms with Crippen LogP contribution in [0.25, 0.3) is 0 Å². The van der Waals surface area contributed by atoms with Crippen LogP contribution in [0.15, 0.2) is 24.3 Å². The molecule has 1 aliphatic carbocycles. The third-order valence-corrected chi connectivity index (χ3v) is 4.51. The second-order valence-corrected chi connectivity index (χ2v) is 5.44. The molecule has 0 radical (unpaired) electrons. The van der Waals surface area contributed by atoms with E-state index in [1.807, 2.05) is 24.3 Å². The van der Waals surface area contributed by atoms with Crippen LogP contribution in [0.2, 0.25) is 5.02 Å². The average molecular weight is 254 g/mol. The van der Waals surface area contributed by atoms with E-state index in [9.17, 15) is 5.11 Å². The van der Waals surface area contributed by atoms with Crippen LogP contribution in [0, 0.1) is 5.41 Å². The first-order valence-corrected chi connectivity index (χ1v) is 6.67. The van der Waals surface area contributed by atoms with Crippen LogP contribution in [0.1, 0.15) is 37.2 Å². The summed E-state index contributed by atoms with van der Waals surface area (Å²) in [5.41, 5.74) is 6.98. The number of hydrogen-bond donors (Lipinski definition) is 2. The van der Waals surface area contributed by atoms with E-state index in [0.29, 0.717) is 6.54 Å².